The standard InChI is InChI=1S/C15H18F2O7S/c1-14(2,3)23-13(19)10-5-9(6-11(7-10)24-25(20)21)12(18)22-8-15(4,16)17/h5-7,25H,8H2,1-4H3. The number of hydrogen-bond acceptors (Lipinski definition) is 7. The monoisotopic (exact) mass is 380 g/mol. The quantitative estimate of drug-likeness (QED) is 0.598. The second kappa shape index (κ2) is 7.77. The maximum Gasteiger partial charge on any atom is 0.338 e. The Kier molecular flexibility index (Phi) is 6.47. The third-order valence-electron chi connectivity index (χ3n) is 2.41. The molecule has 0 N–H and O–H groups in total. The van der Waals surface area contributed by atoms with Crippen molar-refractivity contribution in [1.82, 2.24) is 0 Å². The molecule has 0 amide bonds. The molecule has 0 bridgehead atoms. The molecule has 0 spiro atoms. The zero-order valence-corrected chi connectivity index (χ0v) is 14.9. The van der Waals surface area contributed by atoms with Gasteiger partial charge in [-0.2, -0.15) is 8.42 Å². The highest BCUT2D eigenvalue weighted by Crippen LogP contribution is 2.22. The van der Waals surface area contributed by atoms with Crippen LogP contribution in [-0.2, 0) is 20.5 Å². The molecule has 0 aliphatic rings. The van der Waals surface area contributed by atoms with Crippen LogP contribution in [0.1, 0.15) is 48.4 Å². The van der Waals surface area contributed by atoms with Crippen molar-refractivity contribution in [3.05, 3.63) is 29.3 Å². The van der Waals surface area contributed by atoms with Crippen molar-refractivity contribution in [2.45, 2.75) is 39.2 Å². The van der Waals surface area contributed by atoms with Gasteiger partial charge in [0.25, 0.3) is 16.9 Å². The van der Waals surface area contributed by atoms with Crippen molar-refractivity contribution in [3.8, 4) is 5.75 Å². The van der Waals surface area contributed by atoms with Gasteiger partial charge in [0, 0.05) is 6.92 Å². The van der Waals surface area contributed by atoms with Crippen LogP contribution >= 0.6 is 0 Å². The molecule has 0 fully saturated rings. The number of rotatable bonds is 6. The molecule has 1 aromatic carbocycles. The van der Waals surface area contributed by atoms with Crippen LogP contribution in [0.25, 0.3) is 0 Å². The maximum absolute atomic E-state index is 12.8. The fourth-order valence-corrected chi connectivity index (χ4v) is 1.86. The van der Waals surface area contributed by atoms with Gasteiger partial charge in [-0.05, 0) is 39.0 Å². The van der Waals surface area contributed by atoms with Crippen molar-refractivity contribution in [3.63, 3.8) is 0 Å². The van der Waals surface area contributed by atoms with Crippen molar-refractivity contribution in [1.29, 1.82) is 0 Å². The van der Waals surface area contributed by atoms with Crippen LogP contribution in [0.4, 0.5) is 8.78 Å². The average molecular weight is 380 g/mol. The molecule has 0 aliphatic heterocycles. The molecule has 0 unspecified atom stereocenters. The molecule has 1 aromatic rings. The highest BCUT2D eigenvalue weighted by atomic mass is 32.2. The third kappa shape index (κ3) is 7.92. The first-order valence-corrected chi connectivity index (χ1v) is 8.12. The van der Waals surface area contributed by atoms with Crippen LogP contribution in [0.2, 0.25) is 0 Å². The van der Waals surface area contributed by atoms with Gasteiger partial charge in [0.05, 0.1) is 11.1 Å². The van der Waals surface area contributed by atoms with E-state index in [1.807, 2.05) is 0 Å². The lowest BCUT2D eigenvalue weighted by Gasteiger charge is -2.20. The van der Waals surface area contributed by atoms with E-state index in [9.17, 15) is 26.8 Å². The summed E-state index contributed by atoms with van der Waals surface area (Å²) in [6.07, 6.45) is 0. The molecule has 0 aliphatic carbocycles. The Morgan fingerprint density at radius 1 is 1.00 bits per heavy atom. The van der Waals surface area contributed by atoms with Crippen molar-refractivity contribution >= 4 is 22.9 Å². The van der Waals surface area contributed by atoms with E-state index in [2.05, 4.69) is 8.92 Å². The Hall–Kier alpha value is -2.23. The number of benzene rings is 1. The molecule has 0 saturated carbocycles. The van der Waals surface area contributed by atoms with Crippen LogP contribution in [0, 0.1) is 0 Å². The zero-order chi connectivity index (χ0) is 19.4. The van der Waals surface area contributed by atoms with E-state index < -0.39 is 41.1 Å². The first-order valence-electron chi connectivity index (χ1n) is 7.02. The van der Waals surface area contributed by atoms with Gasteiger partial charge in [-0.25, -0.2) is 18.4 Å². The Morgan fingerprint density at radius 3 is 1.96 bits per heavy atom. The van der Waals surface area contributed by atoms with E-state index in [4.69, 9.17) is 4.74 Å². The number of hydrogen-bond donors (Lipinski definition) is 1. The normalized spacial score (nSPS) is 12.0. The summed E-state index contributed by atoms with van der Waals surface area (Å²) < 4.78 is 61.0. The molecule has 25 heavy (non-hydrogen) atoms. The van der Waals surface area contributed by atoms with E-state index in [0.29, 0.717) is 6.92 Å². The molecule has 0 saturated heterocycles. The molecule has 10 heteroatoms. The summed E-state index contributed by atoms with van der Waals surface area (Å²) in [5.74, 6) is -5.61. The van der Waals surface area contributed by atoms with E-state index in [-0.39, 0.29) is 16.9 Å². The molecule has 0 radical (unpaired) electrons. The molecule has 1 rings (SSSR count). The van der Waals surface area contributed by atoms with Crippen molar-refractivity contribution in [2.75, 3.05) is 6.61 Å². The fraction of sp³-hybridized carbons (Fsp3) is 0.467. The molecular formula is C15H18F2O7S. The molecule has 140 valence electrons. The lowest BCUT2D eigenvalue weighted by Crippen LogP contribution is -2.24. The predicted octanol–water partition coefficient (Wildman–Crippen LogP) is 2.36. The number of esters is 2. The number of ether oxygens (including phenoxy) is 2. The van der Waals surface area contributed by atoms with Crippen LogP contribution in [0.15, 0.2) is 18.2 Å². The second-order valence-corrected chi connectivity index (χ2v) is 6.84. The molecule has 0 aromatic heterocycles. The fourth-order valence-electron chi connectivity index (χ4n) is 1.59. The summed E-state index contributed by atoms with van der Waals surface area (Å²) in [5.41, 5.74) is -1.37. The minimum Gasteiger partial charge on any atom is -0.456 e. The number of thiol groups is 1. The van der Waals surface area contributed by atoms with Gasteiger partial charge in [-0.3, -0.25) is 0 Å². The van der Waals surface area contributed by atoms with Crippen molar-refractivity contribution < 1.29 is 40.4 Å². The van der Waals surface area contributed by atoms with Gasteiger partial charge in [0.1, 0.15) is 11.4 Å². The first kappa shape index (κ1) is 20.8. The summed E-state index contributed by atoms with van der Waals surface area (Å²) in [5, 5.41) is 0. The smallest absolute Gasteiger partial charge is 0.338 e. The lowest BCUT2D eigenvalue weighted by atomic mass is 10.1. The zero-order valence-electron chi connectivity index (χ0n) is 14.0. The van der Waals surface area contributed by atoms with Gasteiger partial charge in [0.15, 0.2) is 6.61 Å². The Bertz CT molecular complexity index is 722. The average Bonchev–Trinajstić information content (AvgIpc) is 2.41. The maximum atomic E-state index is 12.8. The summed E-state index contributed by atoms with van der Waals surface area (Å²) in [7, 11) is -3.32. The minimum atomic E-state index is -3.32. The Morgan fingerprint density at radius 2 is 1.52 bits per heavy atom. The van der Waals surface area contributed by atoms with Gasteiger partial charge < -0.3 is 13.7 Å². The predicted molar refractivity (Wildman–Crippen MR) is 83.5 cm³/mol. The first-order chi connectivity index (χ1) is 11.3. The number of carbonyl (C=O) groups excluding carboxylic acids is 2. The van der Waals surface area contributed by atoms with E-state index >= 15 is 0 Å². The molecule has 7 nitrogen and oxygen atoms in total. The van der Waals surface area contributed by atoms with Gasteiger partial charge in [0.2, 0.25) is 0 Å². The van der Waals surface area contributed by atoms with E-state index in [0.717, 1.165) is 18.2 Å². The number of alkyl halides is 2. The third-order valence-corrected chi connectivity index (χ3v) is 2.77. The molecular weight excluding hydrogens is 362 g/mol. The summed E-state index contributed by atoms with van der Waals surface area (Å²) in [6, 6.07) is 3.04. The Labute approximate surface area is 145 Å². The van der Waals surface area contributed by atoms with Crippen LogP contribution < -0.4 is 4.18 Å². The van der Waals surface area contributed by atoms with E-state index in [1.54, 1.807) is 20.8 Å². The second-order valence-electron chi connectivity index (χ2n) is 6.21. The van der Waals surface area contributed by atoms with Crippen LogP contribution in [0.5, 0.6) is 5.75 Å². The van der Waals surface area contributed by atoms with Crippen molar-refractivity contribution in [2.24, 2.45) is 0 Å². The SMILES string of the molecule is CC(F)(F)COC(=O)c1cc(O[SH](=O)=O)cc(C(=O)OC(C)(C)C)c1. The molecule has 0 atom stereocenters. The largest absolute Gasteiger partial charge is 0.456 e. The Balaban J connectivity index is 3.17. The topological polar surface area (TPSA) is 96.0 Å². The number of carbonyl (C=O) groups is 2. The van der Waals surface area contributed by atoms with E-state index in [1.165, 1.54) is 0 Å². The lowest BCUT2D eigenvalue weighted by molar-refractivity contribution is -0.0467. The van der Waals surface area contributed by atoms with Gasteiger partial charge >= 0.3 is 11.9 Å². The van der Waals surface area contributed by atoms with Gasteiger partial charge in [-0.15, -0.1) is 0 Å². The van der Waals surface area contributed by atoms with Crippen LogP contribution in [-0.4, -0.2) is 38.5 Å². The summed E-state index contributed by atoms with van der Waals surface area (Å²) in [4.78, 5) is 24.0. The minimum absolute atomic E-state index is 0.195. The highest BCUT2D eigenvalue weighted by molar-refractivity contribution is 7.67. The van der Waals surface area contributed by atoms with Crippen LogP contribution in [0.3, 0.4) is 0 Å². The van der Waals surface area contributed by atoms with Gasteiger partial charge in [-0.1, -0.05) is 0 Å². The molecule has 0 heterocycles. The highest BCUT2D eigenvalue weighted by Gasteiger charge is 2.25. The number of halogens is 2. The summed E-state index contributed by atoms with van der Waals surface area (Å²) >= 11 is 0. The summed E-state index contributed by atoms with van der Waals surface area (Å²) in [6.45, 7) is 4.22.